The van der Waals surface area contributed by atoms with Gasteiger partial charge in [-0.2, -0.15) is 0 Å². The maximum Gasteiger partial charge on any atom is 0.334 e. The number of aromatic nitrogens is 2. The lowest BCUT2D eigenvalue weighted by Crippen LogP contribution is -2.30. The van der Waals surface area contributed by atoms with E-state index in [-0.39, 0.29) is 5.82 Å². The van der Waals surface area contributed by atoms with Crippen molar-refractivity contribution in [1.29, 1.82) is 0 Å². The van der Waals surface area contributed by atoms with Crippen molar-refractivity contribution >= 4 is 23.1 Å². The van der Waals surface area contributed by atoms with Crippen LogP contribution in [0.1, 0.15) is 0 Å². The molecular weight excluding hydrogens is 260 g/mol. The van der Waals surface area contributed by atoms with Gasteiger partial charge in [0.2, 0.25) is 5.69 Å². The molecule has 1 aromatic carbocycles. The fourth-order valence-electron chi connectivity index (χ4n) is 1.48. The Morgan fingerprint density at radius 2 is 1.83 bits per heavy atom. The molecule has 0 fully saturated rings. The second kappa shape index (κ2) is 4.46. The molecule has 0 aliphatic carbocycles. The third-order valence-electron chi connectivity index (χ3n) is 2.30. The molecule has 0 aliphatic heterocycles. The first-order valence-corrected chi connectivity index (χ1v) is 5.16. The monoisotopic (exact) mass is 266 g/mol. The number of nitrogen functional groups attached to an aromatic ring is 1. The van der Waals surface area contributed by atoms with E-state index in [1.807, 2.05) is 4.98 Å². The first-order chi connectivity index (χ1) is 8.54. The number of H-pyrrole nitrogens is 1. The minimum absolute atomic E-state index is 0.318. The fraction of sp³-hybridized carbons (Fsp3) is 0. The predicted molar refractivity (Wildman–Crippen MR) is 67.5 cm³/mol. The van der Waals surface area contributed by atoms with Crippen LogP contribution < -0.4 is 17.0 Å². The maximum atomic E-state index is 11.7. The van der Waals surface area contributed by atoms with Gasteiger partial charge in [-0.05, 0) is 29.4 Å². The molecule has 0 amide bonds. The van der Waals surface area contributed by atoms with Gasteiger partial charge in [-0.15, -0.1) is 4.91 Å². The molecule has 7 nitrogen and oxygen atoms in total. The second-order valence-electron chi connectivity index (χ2n) is 3.40. The Hall–Kier alpha value is -2.41. The number of halogens is 1. The van der Waals surface area contributed by atoms with Crippen LogP contribution in [-0.4, -0.2) is 9.55 Å². The lowest BCUT2D eigenvalue weighted by molar-refractivity contribution is 0.908. The number of rotatable bonds is 2. The Morgan fingerprint density at radius 3 is 2.39 bits per heavy atom. The van der Waals surface area contributed by atoms with Crippen molar-refractivity contribution in [2.75, 3.05) is 5.73 Å². The Balaban J connectivity index is 2.79. The number of hydrogen-bond acceptors (Lipinski definition) is 5. The van der Waals surface area contributed by atoms with E-state index in [1.165, 1.54) is 12.1 Å². The van der Waals surface area contributed by atoms with Crippen molar-refractivity contribution in [3.63, 3.8) is 0 Å². The standard InChI is InChI=1S/C10H7ClN4O3/c11-5-1-3-6(4-2-5)15-8(12)7(14-18)9(16)13-10(15)17/h1-4H,12H2,(H,13,16,17). The number of anilines is 1. The second-order valence-corrected chi connectivity index (χ2v) is 3.83. The van der Waals surface area contributed by atoms with Crippen LogP contribution in [0.5, 0.6) is 0 Å². The highest BCUT2D eigenvalue weighted by Gasteiger charge is 2.13. The summed E-state index contributed by atoms with van der Waals surface area (Å²) in [6.07, 6.45) is 0. The summed E-state index contributed by atoms with van der Waals surface area (Å²) < 4.78 is 0.967. The van der Waals surface area contributed by atoms with Gasteiger partial charge in [-0.3, -0.25) is 9.78 Å². The Labute approximate surface area is 105 Å². The van der Waals surface area contributed by atoms with E-state index in [0.717, 1.165) is 4.57 Å². The molecule has 1 aromatic heterocycles. The average Bonchev–Trinajstić information content (AvgIpc) is 2.31. The molecule has 0 saturated heterocycles. The molecule has 0 aliphatic rings. The Kier molecular flexibility index (Phi) is 2.99. The van der Waals surface area contributed by atoms with Gasteiger partial charge in [-0.25, -0.2) is 9.36 Å². The quantitative estimate of drug-likeness (QED) is 0.795. The van der Waals surface area contributed by atoms with E-state index in [2.05, 4.69) is 5.18 Å². The van der Waals surface area contributed by atoms with Gasteiger partial charge in [-0.1, -0.05) is 11.6 Å². The van der Waals surface area contributed by atoms with Crippen molar-refractivity contribution in [2.24, 2.45) is 5.18 Å². The molecule has 2 aromatic rings. The molecule has 18 heavy (non-hydrogen) atoms. The molecule has 0 bridgehead atoms. The molecule has 3 N–H and O–H groups in total. The van der Waals surface area contributed by atoms with E-state index >= 15 is 0 Å². The van der Waals surface area contributed by atoms with Crippen LogP contribution in [-0.2, 0) is 0 Å². The van der Waals surface area contributed by atoms with E-state index in [0.29, 0.717) is 10.7 Å². The van der Waals surface area contributed by atoms with E-state index in [4.69, 9.17) is 17.3 Å². The number of nitrogens with two attached hydrogens (primary N) is 1. The van der Waals surface area contributed by atoms with Crippen LogP contribution in [0.4, 0.5) is 11.5 Å². The summed E-state index contributed by atoms with van der Waals surface area (Å²) in [4.78, 5) is 35.4. The zero-order valence-electron chi connectivity index (χ0n) is 8.88. The van der Waals surface area contributed by atoms with Gasteiger partial charge in [0, 0.05) is 5.02 Å². The zero-order chi connectivity index (χ0) is 13.3. The highest BCUT2D eigenvalue weighted by molar-refractivity contribution is 6.30. The number of nitroso groups, excluding NO2 is 1. The topological polar surface area (TPSA) is 110 Å². The first kappa shape index (κ1) is 12.1. The van der Waals surface area contributed by atoms with Crippen LogP contribution in [0, 0.1) is 4.91 Å². The summed E-state index contributed by atoms with van der Waals surface area (Å²) in [7, 11) is 0. The van der Waals surface area contributed by atoms with Crippen molar-refractivity contribution < 1.29 is 0 Å². The lowest BCUT2D eigenvalue weighted by Gasteiger charge is -2.09. The van der Waals surface area contributed by atoms with Gasteiger partial charge in [0.05, 0.1) is 5.69 Å². The molecule has 2 rings (SSSR count). The number of nitrogens with zero attached hydrogens (tertiary/aromatic N) is 2. The summed E-state index contributed by atoms with van der Waals surface area (Å²) >= 11 is 5.72. The molecule has 92 valence electrons. The highest BCUT2D eigenvalue weighted by Crippen LogP contribution is 2.19. The van der Waals surface area contributed by atoms with Crippen LogP contribution in [0.25, 0.3) is 5.69 Å². The van der Waals surface area contributed by atoms with Crippen molar-refractivity contribution in [1.82, 2.24) is 9.55 Å². The third kappa shape index (κ3) is 1.91. The summed E-state index contributed by atoms with van der Waals surface area (Å²) in [5.41, 5.74) is 3.73. The molecule has 0 spiro atoms. The van der Waals surface area contributed by atoms with Gasteiger partial charge in [0.15, 0.2) is 0 Å². The summed E-state index contributed by atoms with van der Waals surface area (Å²) in [5, 5.41) is 2.99. The van der Waals surface area contributed by atoms with Gasteiger partial charge in [0.1, 0.15) is 5.82 Å². The summed E-state index contributed by atoms with van der Waals surface area (Å²) in [5.74, 6) is -0.318. The largest absolute Gasteiger partial charge is 0.383 e. The predicted octanol–water partition coefficient (Wildman–Crippen LogP) is 1.16. The molecule has 8 heteroatoms. The maximum absolute atomic E-state index is 11.7. The molecule has 0 atom stereocenters. The van der Waals surface area contributed by atoms with E-state index in [1.54, 1.807) is 12.1 Å². The number of hydrogen-bond donors (Lipinski definition) is 2. The third-order valence-corrected chi connectivity index (χ3v) is 2.55. The van der Waals surface area contributed by atoms with Gasteiger partial charge >= 0.3 is 5.69 Å². The minimum Gasteiger partial charge on any atom is -0.383 e. The van der Waals surface area contributed by atoms with Crippen LogP contribution in [0.15, 0.2) is 39.0 Å². The van der Waals surface area contributed by atoms with Crippen molar-refractivity contribution in [3.8, 4) is 5.69 Å². The van der Waals surface area contributed by atoms with Crippen LogP contribution in [0.2, 0.25) is 5.02 Å². The first-order valence-electron chi connectivity index (χ1n) is 4.78. The summed E-state index contributed by atoms with van der Waals surface area (Å²) in [6, 6.07) is 6.13. The average molecular weight is 267 g/mol. The number of aromatic amines is 1. The SMILES string of the molecule is Nc1c(N=O)c(=O)[nH]c(=O)n1-c1ccc(Cl)cc1. The Morgan fingerprint density at radius 1 is 1.22 bits per heavy atom. The van der Waals surface area contributed by atoms with E-state index < -0.39 is 16.9 Å². The molecule has 1 heterocycles. The smallest absolute Gasteiger partial charge is 0.334 e. The van der Waals surface area contributed by atoms with Crippen molar-refractivity contribution in [2.45, 2.75) is 0 Å². The zero-order valence-corrected chi connectivity index (χ0v) is 9.64. The molecular formula is C10H7ClN4O3. The molecule has 0 saturated carbocycles. The Bertz CT molecular complexity index is 717. The van der Waals surface area contributed by atoms with Crippen LogP contribution in [0.3, 0.4) is 0 Å². The highest BCUT2D eigenvalue weighted by atomic mass is 35.5. The van der Waals surface area contributed by atoms with E-state index in [9.17, 15) is 14.5 Å². The normalized spacial score (nSPS) is 10.3. The fourth-order valence-corrected chi connectivity index (χ4v) is 1.60. The number of nitrogens with one attached hydrogen (secondary N) is 1. The van der Waals surface area contributed by atoms with Gasteiger partial charge in [0.25, 0.3) is 5.56 Å². The number of benzene rings is 1. The van der Waals surface area contributed by atoms with Crippen molar-refractivity contribution in [3.05, 3.63) is 55.0 Å². The molecule has 0 radical (unpaired) electrons. The summed E-state index contributed by atoms with van der Waals surface area (Å²) in [6.45, 7) is 0. The van der Waals surface area contributed by atoms with Gasteiger partial charge < -0.3 is 5.73 Å². The van der Waals surface area contributed by atoms with Crippen LogP contribution >= 0.6 is 11.6 Å². The minimum atomic E-state index is -0.919. The molecule has 0 unspecified atom stereocenters. The lowest BCUT2D eigenvalue weighted by atomic mass is 10.3.